The van der Waals surface area contributed by atoms with Crippen LogP contribution in [0.25, 0.3) is 10.2 Å². The molecular weight excluding hydrogens is 352 g/mol. The summed E-state index contributed by atoms with van der Waals surface area (Å²) in [5.41, 5.74) is 1.14. The summed E-state index contributed by atoms with van der Waals surface area (Å²) in [6.45, 7) is 1.80. The van der Waals surface area contributed by atoms with Crippen molar-refractivity contribution in [2.45, 2.75) is 17.3 Å². The zero-order valence-corrected chi connectivity index (χ0v) is 14.8. The van der Waals surface area contributed by atoms with E-state index in [0.717, 1.165) is 0 Å². The smallest absolute Gasteiger partial charge is 0.271 e. The standard InChI is InChI=1S/C16H13ClN2O2S2/c1-9(13(20)10-4-3-5-11(17)8-10)23-16-18-12-6-7-22-14(12)15(21)19(16)2/h3-9H,1-2H3. The minimum absolute atomic E-state index is 0.0443. The first-order chi connectivity index (χ1) is 11.0. The van der Waals surface area contributed by atoms with Gasteiger partial charge >= 0.3 is 0 Å². The molecule has 2 heterocycles. The van der Waals surface area contributed by atoms with Gasteiger partial charge in [0.2, 0.25) is 0 Å². The number of thiophene rings is 1. The zero-order chi connectivity index (χ0) is 16.6. The van der Waals surface area contributed by atoms with Crippen LogP contribution in [0.2, 0.25) is 5.02 Å². The number of carbonyl (C=O) groups is 1. The number of hydrogen-bond acceptors (Lipinski definition) is 5. The summed E-state index contributed by atoms with van der Waals surface area (Å²) >= 11 is 8.59. The van der Waals surface area contributed by atoms with Crippen LogP contribution >= 0.6 is 34.7 Å². The largest absolute Gasteiger partial charge is 0.293 e. The number of nitrogens with zero attached hydrogens (tertiary/aromatic N) is 2. The van der Waals surface area contributed by atoms with Gasteiger partial charge in [-0.1, -0.05) is 35.5 Å². The van der Waals surface area contributed by atoms with Gasteiger partial charge in [-0.15, -0.1) is 11.3 Å². The normalized spacial score (nSPS) is 12.5. The number of thioether (sulfide) groups is 1. The van der Waals surface area contributed by atoms with E-state index in [2.05, 4.69) is 4.98 Å². The third-order valence-corrected chi connectivity index (χ3v) is 5.68. The maximum Gasteiger partial charge on any atom is 0.271 e. The number of fused-ring (bicyclic) bond motifs is 1. The van der Waals surface area contributed by atoms with E-state index in [1.807, 2.05) is 11.4 Å². The Morgan fingerprint density at radius 1 is 1.39 bits per heavy atom. The Labute approximate surface area is 146 Å². The molecule has 0 saturated heterocycles. The predicted molar refractivity (Wildman–Crippen MR) is 96.0 cm³/mol. The first kappa shape index (κ1) is 16.2. The van der Waals surface area contributed by atoms with E-state index in [1.54, 1.807) is 38.2 Å². The van der Waals surface area contributed by atoms with Crippen molar-refractivity contribution in [3.05, 3.63) is 56.7 Å². The Hall–Kier alpha value is -1.63. The highest BCUT2D eigenvalue weighted by atomic mass is 35.5. The first-order valence-corrected chi connectivity index (χ1v) is 9.02. The van der Waals surface area contributed by atoms with E-state index in [1.165, 1.54) is 27.7 Å². The second-order valence-electron chi connectivity index (χ2n) is 5.03. The van der Waals surface area contributed by atoms with Gasteiger partial charge in [0.05, 0.1) is 10.8 Å². The highest BCUT2D eigenvalue weighted by molar-refractivity contribution is 8.00. The van der Waals surface area contributed by atoms with Gasteiger partial charge in [-0.2, -0.15) is 0 Å². The molecule has 0 amide bonds. The van der Waals surface area contributed by atoms with Gasteiger partial charge in [0.1, 0.15) is 4.70 Å². The van der Waals surface area contributed by atoms with Gasteiger partial charge < -0.3 is 0 Å². The number of Topliss-reactive ketones (excluding diaryl/α,β-unsaturated/α-hetero) is 1. The van der Waals surface area contributed by atoms with E-state index < -0.39 is 0 Å². The maximum atomic E-state index is 12.5. The second kappa shape index (κ2) is 6.47. The number of halogens is 1. The molecule has 0 radical (unpaired) electrons. The first-order valence-electron chi connectivity index (χ1n) is 6.88. The molecule has 0 spiro atoms. The minimum Gasteiger partial charge on any atom is -0.293 e. The third kappa shape index (κ3) is 3.20. The molecule has 0 bridgehead atoms. The summed E-state index contributed by atoms with van der Waals surface area (Å²) in [7, 11) is 1.67. The predicted octanol–water partition coefficient (Wildman–Crippen LogP) is 4.01. The molecule has 1 atom stereocenters. The fourth-order valence-electron chi connectivity index (χ4n) is 2.16. The second-order valence-corrected chi connectivity index (χ2v) is 7.69. The molecule has 0 aliphatic carbocycles. The lowest BCUT2D eigenvalue weighted by atomic mass is 10.1. The average molecular weight is 365 g/mol. The molecule has 7 heteroatoms. The lowest BCUT2D eigenvalue weighted by Crippen LogP contribution is -2.21. The number of carbonyl (C=O) groups excluding carboxylic acids is 1. The Bertz CT molecular complexity index is 949. The summed E-state index contributed by atoms with van der Waals surface area (Å²) in [6.07, 6.45) is 0. The van der Waals surface area contributed by atoms with Gasteiger partial charge in [-0.05, 0) is 30.5 Å². The molecule has 4 nitrogen and oxygen atoms in total. The van der Waals surface area contributed by atoms with Gasteiger partial charge in [0.25, 0.3) is 5.56 Å². The zero-order valence-electron chi connectivity index (χ0n) is 12.4. The van der Waals surface area contributed by atoms with Crippen LogP contribution in [0.1, 0.15) is 17.3 Å². The summed E-state index contributed by atoms with van der Waals surface area (Å²) in [4.78, 5) is 29.3. The molecule has 0 saturated carbocycles. The quantitative estimate of drug-likeness (QED) is 0.398. The number of aromatic nitrogens is 2. The number of benzene rings is 1. The van der Waals surface area contributed by atoms with Crippen molar-refractivity contribution in [2.75, 3.05) is 0 Å². The summed E-state index contributed by atoms with van der Waals surface area (Å²) < 4.78 is 2.12. The molecule has 0 N–H and O–H groups in total. The highest BCUT2D eigenvalue weighted by Crippen LogP contribution is 2.26. The topological polar surface area (TPSA) is 52.0 Å². The van der Waals surface area contributed by atoms with Crippen molar-refractivity contribution in [3.63, 3.8) is 0 Å². The number of ketones is 1. The van der Waals surface area contributed by atoms with Crippen molar-refractivity contribution in [3.8, 4) is 0 Å². The van der Waals surface area contributed by atoms with Gasteiger partial charge in [-0.25, -0.2) is 4.98 Å². The molecule has 1 aromatic carbocycles. The van der Waals surface area contributed by atoms with E-state index in [0.29, 0.717) is 26.0 Å². The summed E-state index contributed by atoms with van der Waals surface area (Å²) in [6, 6.07) is 8.68. The molecule has 2 aromatic heterocycles. The lowest BCUT2D eigenvalue weighted by molar-refractivity contribution is 0.0994. The van der Waals surface area contributed by atoms with E-state index in [9.17, 15) is 9.59 Å². The van der Waals surface area contributed by atoms with Gasteiger partial charge in [0.15, 0.2) is 10.9 Å². The number of hydrogen-bond donors (Lipinski definition) is 0. The summed E-state index contributed by atoms with van der Waals surface area (Å²) in [5.74, 6) is -0.0443. The third-order valence-electron chi connectivity index (χ3n) is 3.41. The maximum absolute atomic E-state index is 12.5. The average Bonchev–Trinajstić information content (AvgIpc) is 3.00. The molecule has 118 valence electrons. The molecule has 23 heavy (non-hydrogen) atoms. The van der Waals surface area contributed by atoms with E-state index in [-0.39, 0.29) is 16.6 Å². The molecule has 0 aliphatic heterocycles. The van der Waals surface area contributed by atoms with Crippen LogP contribution in [0, 0.1) is 0 Å². The molecular formula is C16H13ClN2O2S2. The molecule has 3 rings (SSSR count). The van der Waals surface area contributed by atoms with Crippen molar-refractivity contribution in [1.29, 1.82) is 0 Å². The van der Waals surface area contributed by atoms with Crippen LogP contribution in [0.15, 0.2) is 45.7 Å². The van der Waals surface area contributed by atoms with Crippen molar-refractivity contribution >= 4 is 50.7 Å². The fourth-order valence-corrected chi connectivity index (χ4v) is 4.11. The highest BCUT2D eigenvalue weighted by Gasteiger charge is 2.20. The molecule has 0 fully saturated rings. The van der Waals surface area contributed by atoms with Crippen LogP contribution in [-0.2, 0) is 7.05 Å². The van der Waals surface area contributed by atoms with E-state index in [4.69, 9.17) is 11.6 Å². The van der Waals surface area contributed by atoms with Crippen molar-refractivity contribution in [2.24, 2.45) is 7.05 Å². The fraction of sp³-hybridized carbons (Fsp3) is 0.188. The van der Waals surface area contributed by atoms with Crippen molar-refractivity contribution in [1.82, 2.24) is 9.55 Å². The SMILES string of the molecule is CC(Sc1nc2ccsc2c(=O)n1C)C(=O)c1cccc(Cl)c1. The molecule has 3 aromatic rings. The Morgan fingerprint density at radius 3 is 2.91 bits per heavy atom. The van der Waals surface area contributed by atoms with Crippen LogP contribution in [0.3, 0.4) is 0 Å². The van der Waals surface area contributed by atoms with Crippen LogP contribution in [0.5, 0.6) is 0 Å². The Kier molecular flexibility index (Phi) is 4.57. The summed E-state index contributed by atoms with van der Waals surface area (Å²) in [5, 5.41) is 2.53. The Morgan fingerprint density at radius 2 is 2.17 bits per heavy atom. The van der Waals surface area contributed by atoms with E-state index >= 15 is 0 Å². The monoisotopic (exact) mass is 364 g/mol. The van der Waals surface area contributed by atoms with Crippen LogP contribution in [-0.4, -0.2) is 20.6 Å². The van der Waals surface area contributed by atoms with Gasteiger partial charge in [-0.3, -0.25) is 14.2 Å². The van der Waals surface area contributed by atoms with Gasteiger partial charge in [0, 0.05) is 17.6 Å². The minimum atomic E-state index is -0.373. The van der Waals surface area contributed by atoms with Crippen LogP contribution in [0.4, 0.5) is 0 Å². The Balaban J connectivity index is 1.91. The molecule has 0 aliphatic rings. The van der Waals surface area contributed by atoms with Crippen LogP contribution < -0.4 is 5.56 Å². The lowest BCUT2D eigenvalue weighted by Gasteiger charge is -2.12. The number of rotatable bonds is 4. The molecule has 1 unspecified atom stereocenters. The van der Waals surface area contributed by atoms with Crippen molar-refractivity contribution < 1.29 is 4.79 Å².